The van der Waals surface area contributed by atoms with E-state index in [2.05, 4.69) is 31.4 Å². The Labute approximate surface area is 207 Å². The molecule has 1 N–H and O–H groups in total. The van der Waals surface area contributed by atoms with Crippen LogP contribution in [0.4, 0.5) is 11.4 Å². The molecule has 0 radical (unpaired) electrons. The van der Waals surface area contributed by atoms with Gasteiger partial charge in [-0.3, -0.25) is 19.7 Å². The molecule has 0 bridgehead atoms. The number of hydrogen-bond donors (Lipinski definition) is 1. The molecule has 180 valence electrons. The minimum atomic E-state index is -0.468. The fraction of sp³-hybridized carbons (Fsp3) is 0.375. The normalized spacial score (nSPS) is 15.9. The number of nitro benzene ring substituents is 1. The van der Waals surface area contributed by atoms with Gasteiger partial charge in [0, 0.05) is 59.6 Å². The number of nitrogens with zero attached hydrogens (tertiary/aromatic N) is 4. The van der Waals surface area contributed by atoms with E-state index >= 15 is 0 Å². The number of carbonyl (C=O) groups is 2. The molecule has 9 nitrogen and oxygen atoms in total. The number of rotatable bonds is 8. The molecule has 1 saturated heterocycles. The SMILES string of the molecule is CCN(CC)C(=O)C1CCCN(c2ccc([N+](=O)[O-])cc2/C=N/NC(=O)c2cccc(Br)c2)C1. The third-order valence-corrected chi connectivity index (χ3v) is 6.36. The molecular weight excluding hydrogens is 502 g/mol. The number of amides is 2. The van der Waals surface area contributed by atoms with Crippen molar-refractivity contribution in [3.05, 3.63) is 68.2 Å². The van der Waals surface area contributed by atoms with Gasteiger partial charge in [-0.1, -0.05) is 22.0 Å². The lowest BCUT2D eigenvalue weighted by molar-refractivity contribution is -0.384. The number of benzene rings is 2. The molecule has 1 aliphatic rings. The monoisotopic (exact) mass is 529 g/mol. The van der Waals surface area contributed by atoms with Crippen molar-refractivity contribution in [2.24, 2.45) is 11.0 Å². The van der Waals surface area contributed by atoms with Crippen molar-refractivity contribution in [3.63, 3.8) is 0 Å². The summed E-state index contributed by atoms with van der Waals surface area (Å²) in [5.41, 5.74) is 4.07. The number of non-ortho nitro benzene ring substituents is 1. The van der Waals surface area contributed by atoms with Crippen LogP contribution in [0.3, 0.4) is 0 Å². The molecule has 3 rings (SSSR count). The van der Waals surface area contributed by atoms with Crippen LogP contribution >= 0.6 is 15.9 Å². The average molecular weight is 530 g/mol. The second-order valence-electron chi connectivity index (χ2n) is 8.01. The first-order chi connectivity index (χ1) is 16.3. The first-order valence-electron chi connectivity index (χ1n) is 11.2. The summed E-state index contributed by atoms with van der Waals surface area (Å²) in [5, 5.41) is 15.4. The fourth-order valence-electron chi connectivity index (χ4n) is 4.09. The molecule has 10 heteroatoms. The predicted octanol–water partition coefficient (Wildman–Crippen LogP) is 4.21. The minimum absolute atomic E-state index is 0.0729. The first-order valence-corrected chi connectivity index (χ1v) is 12.0. The molecule has 0 spiro atoms. The van der Waals surface area contributed by atoms with Crippen molar-refractivity contribution >= 4 is 45.3 Å². The molecule has 0 saturated carbocycles. The number of hydrogen-bond acceptors (Lipinski definition) is 6. The molecule has 2 aromatic carbocycles. The highest BCUT2D eigenvalue weighted by atomic mass is 79.9. The maximum absolute atomic E-state index is 12.9. The standard InChI is InChI=1S/C24H28BrN5O4/c1-3-28(4-2)24(32)18-8-6-12-29(16-18)22-11-10-21(30(33)34)14-19(22)15-26-27-23(31)17-7-5-9-20(25)13-17/h5,7,9-11,13-15,18H,3-4,6,8,12,16H2,1-2H3,(H,27,31)/b26-15+. The summed E-state index contributed by atoms with van der Waals surface area (Å²) in [6.07, 6.45) is 3.06. The number of carbonyl (C=O) groups excluding carboxylic acids is 2. The van der Waals surface area contributed by atoms with E-state index in [1.807, 2.05) is 24.8 Å². The lowest BCUT2D eigenvalue weighted by Gasteiger charge is -2.36. The summed E-state index contributed by atoms with van der Waals surface area (Å²) >= 11 is 3.33. The van der Waals surface area contributed by atoms with Gasteiger partial charge < -0.3 is 9.80 Å². The maximum atomic E-state index is 12.9. The third kappa shape index (κ3) is 6.19. The molecule has 1 fully saturated rings. The zero-order chi connectivity index (χ0) is 24.7. The van der Waals surface area contributed by atoms with Gasteiger partial charge in [0.1, 0.15) is 0 Å². The fourth-order valence-corrected chi connectivity index (χ4v) is 4.49. The highest BCUT2D eigenvalue weighted by Gasteiger charge is 2.29. The van der Waals surface area contributed by atoms with E-state index in [1.54, 1.807) is 24.3 Å². The van der Waals surface area contributed by atoms with Gasteiger partial charge in [0.05, 0.1) is 17.1 Å². The van der Waals surface area contributed by atoms with Crippen LogP contribution < -0.4 is 10.3 Å². The Morgan fingerprint density at radius 2 is 2.03 bits per heavy atom. The lowest BCUT2D eigenvalue weighted by atomic mass is 9.95. The van der Waals surface area contributed by atoms with Gasteiger partial charge in [0.2, 0.25) is 5.91 Å². The van der Waals surface area contributed by atoms with E-state index in [1.165, 1.54) is 18.3 Å². The van der Waals surface area contributed by atoms with Crippen LogP contribution in [0.2, 0.25) is 0 Å². The second-order valence-corrected chi connectivity index (χ2v) is 8.92. The molecule has 2 aromatic rings. The smallest absolute Gasteiger partial charge is 0.271 e. The maximum Gasteiger partial charge on any atom is 0.271 e. The molecule has 0 aliphatic carbocycles. The molecule has 1 atom stereocenters. The van der Waals surface area contributed by atoms with Gasteiger partial charge in [-0.2, -0.15) is 5.10 Å². The molecule has 1 unspecified atom stereocenters. The Morgan fingerprint density at radius 1 is 1.26 bits per heavy atom. The van der Waals surface area contributed by atoms with E-state index in [0.29, 0.717) is 30.8 Å². The van der Waals surface area contributed by atoms with E-state index in [4.69, 9.17) is 0 Å². The summed E-state index contributed by atoms with van der Waals surface area (Å²) in [5.74, 6) is -0.398. The number of nitro groups is 1. The van der Waals surface area contributed by atoms with E-state index in [0.717, 1.165) is 29.5 Å². The van der Waals surface area contributed by atoms with Crippen LogP contribution in [0, 0.1) is 16.0 Å². The summed E-state index contributed by atoms with van der Waals surface area (Å²) in [7, 11) is 0. The van der Waals surface area contributed by atoms with Crippen molar-refractivity contribution in [2.75, 3.05) is 31.1 Å². The highest BCUT2D eigenvalue weighted by Crippen LogP contribution is 2.29. The van der Waals surface area contributed by atoms with Gasteiger partial charge >= 0.3 is 0 Å². The summed E-state index contributed by atoms with van der Waals surface area (Å²) in [4.78, 5) is 40.1. The molecule has 1 heterocycles. The Balaban J connectivity index is 1.82. The molecule has 1 aliphatic heterocycles. The minimum Gasteiger partial charge on any atom is -0.370 e. The zero-order valence-corrected chi connectivity index (χ0v) is 20.8. The van der Waals surface area contributed by atoms with E-state index < -0.39 is 10.8 Å². The zero-order valence-electron chi connectivity index (χ0n) is 19.2. The average Bonchev–Trinajstić information content (AvgIpc) is 2.84. The second kappa shape index (κ2) is 11.7. The summed E-state index contributed by atoms with van der Waals surface area (Å²) in [6, 6.07) is 11.4. The number of anilines is 1. The van der Waals surface area contributed by atoms with Crippen molar-refractivity contribution in [2.45, 2.75) is 26.7 Å². The number of piperidine rings is 1. The van der Waals surface area contributed by atoms with Gasteiger partial charge in [0.15, 0.2) is 0 Å². The van der Waals surface area contributed by atoms with E-state index in [-0.39, 0.29) is 17.5 Å². The molecular formula is C24H28BrN5O4. The van der Waals surface area contributed by atoms with Gasteiger partial charge in [-0.15, -0.1) is 0 Å². The van der Waals surface area contributed by atoms with Crippen LogP contribution in [0.15, 0.2) is 52.0 Å². The van der Waals surface area contributed by atoms with E-state index in [9.17, 15) is 19.7 Å². The molecule has 34 heavy (non-hydrogen) atoms. The highest BCUT2D eigenvalue weighted by molar-refractivity contribution is 9.10. The van der Waals surface area contributed by atoms with Crippen LogP contribution in [0.1, 0.15) is 42.6 Å². The van der Waals surface area contributed by atoms with Gasteiger partial charge in [0.25, 0.3) is 11.6 Å². The van der Waals surface area contributed by atoms with Crippen LogP contribution in [0.25, 0.3) is 0 Å². The Hall–Kier alpha value is -3.27. The van der Waals surface area contributed by atoms with Crippen molar-refractivity contribution in [3.8, 4) is 0 Å². The van der Waals surface area contributed by atoms with Gasteiger partial charge in [-0.25, -0.2) is 5.43 Å². The van der Waals surface area contributed by atoms with Crippen molar-refractivity contribution in [1.29, 1.82) is 0 Å². The predicted molar refractivity (Wildman–Crippen MR) is 135 cm³/mol. The Morgan fingerprint density at radius 3 is 2.71 bits per heavy atom. The third-order valence-electron chi connectivity index (χ3n) is 5.86. The molecule has 0 aromatic heterocycles. The van der Waals surface area contributed by atoms with Crippen molar-refractivity contribution in [1.82, 2.24) is 10.3 Å². The number of nitrogens with one attached hydrogen (secondary N) is 1. The first kappa shape index (κ1) is 25.4. The van der Waals surface area contributed by atoms with Crippen LogP contribution in [-0.4, -0.2) is 54.0 Å². The Kier molecular flexibility index (Phi) is 8.75. The van der Waals surface area contributed by atoms with Crippen LogP contribution in [0.5, 0.6) is 0 Å². The number of halogens is 1. The lowest BCUT2D eigenvalue weighted by Crippen LogP contribution is -2.45. The largest absolute Gasteiger partial charge is 0.370 e. The quantitative estimate of drug-likeness (QED) is 0.313. The number of hydrazone groups is 1. The van der Waals surface area contributed by atoms with Gasteiger partial charge in [-0.05, 0) is 51.0 Å². The summed E-state index contributed by atoms with van der Waals surface area (Å²) < 4.78 is 0.768. The Bertz CT molecular complexity index is 1090. The summed E-state index contributed by atoms with van der Waals surface area (Å²) in [6.45, 7) is 6.52. The van der Waals surface area contributed by atoms with Crippen LogP contribution in [-0.2, 0) is 4.79 Å². The topological polar surface area (TPSA) is 108 Å². The molecule has 2 amide bonds. The van der Waals surface area contributed by atoms with Crippen molar-refractivity contribution < 1.29 is 14.5 Å².